The summed E-state index contributed by atoms with van der Waals surface area (Å²) in [6.45, 7) is 7.60. The van der Waals surface area contributed by atoms with Crippen molar-refractivity contribution < 1.29 is 16.8 Å². The van der Waals surface area contributed by atoms with Gasteiger partial charge in [-0.2, -0.15) is 0 Å². The molecule has 8 heteroatoms. The molecule has 0 aliphatic rings. The summed E-state index contributed by atoms with van der Waals surface area (Å²) in [5, 5.41) is 0. The summed E-state index contributed by atoms with van der Waals surface area (Å²) in [6, 6.07) is 13.5. The van der Waals surface area contributed by atoms with Crippen molar-refractivity contribution in [3.05, 3.63) is 65.2 Å². The predicted molar refractivity (Wildman–Crippen MR) is 112 cm³/mol. The minimum atomic E-state index is -3.70. The molecule has 2 aromatic carbocycles. The van der Waals surface area contributed by atoms with Crippen molar-refractivity contribution in [3.8, 4) is 0 Å². The van der Waals surface area contributed by atoms with Gasteiger partial charge in [0.25, 0.3) is 0 Å². The zero-order valence-electron chi connectivity index (χ0n) is 16.6. The molecular weight excluding hydrogens is 396 g/mol. The van der Waals surface area contributed by atoms with Gasteiger partial charge >= 0.3 is 0 Å². The summed E-state index contributed by atoms with van der Waals surface area (Å²) in [5.41, 5.74) is 2.25. The highest BCUT2D eigenvalue weighted by molar-refractivity contribution is 7.89. The minimum absolute atomic E-state index is 0.0155. The Bertz CT molecular complexity index is 997. The van der Waals surface area contributed by atoms with Gasteiger partial charge in [0.2, 0.25) is 20.0 Å². The van der Waals surface area contributed by atoms with E-state index < -0.39 is 20.0 Å². The van der Waals surface area contributed by atoms with Crippen LogP contribution in [0.4, 0.5) is 0 Å². The van der Waals surface area contributed by atoms with E-state index in [9.17, 15) is 16.8 Å². The molecule has 0 aliphatic heterocycles. The lowest BCUT2D eigenvalue weighted by Gasteiger charge is -2.14. The van der Waals surface area contributed by atoms with Crippen molar-refractivity contribution in [2.75, 3.05) is 0 Å². The molecule has 6 nitrogen and oxygen atoms in total. The molecule has 0 amide bonds. The first kappa shape index (κ1) is 22.5. The molecule has 2 aromatic rings. The molecular formula is C20H28N2O4S2. The zero-order chi connectivity index (χ0) is 20.9. The highest BCUT2D eigenvalue weighted by atomic mass is 32.2. The Morgan fingerprint density at radius 3 is 1.93 bits per heavy atom. The number of sulfonamides is 2. The fourth-order valence-corrected chi connectivity index (χ4v) is 5.26. The van der Waals surface area contributed by atoms with Gasteiger partial charge in [0.15, 0.2) is 0 Å². The predicted octanol–water partition coefficient (Wildman–Crippen LogP) is 3.12. The van der Waals surface area contributed by atoms with Gasteiger partial charge in [0.05, 0.1) is 10.6 Å². The molecule has 2 rings (SSSR count). The van der Waals surface area contributed by atoms with Crippen LogP contribution in [0.3, 0.4) is 0 Å². The first-order valence-corrected chi connectivity index (χ1v) is 12.3. The Kier molecular flexibility index (Phi) is 7.39. The average Bonchev–Trinajstić information content (AvgIpc) is 2.59. The van der Waals surface area contributed by atoms with Crippen molar-refractivity contribution in [3.63, 3.8) is 0 Å². The smallest absolute Gasteiger partial charge is 0.212 e. The number of hydrogen-bond acceptors (Lipinski definition) is 4. The number of hydrogen-bond donors (Lipinski definition) is 2. The van der Waals surface area contributed by atoms with E-state index in [0.717, 1.165) is 5.56 Å². The topological polar surface area (TPSA) is 92.3 Å². The van der Waals surface area contributed by atoms with Crippen LogP contribution in [0.1, 0.15) is 50.3 Å². The van der Waals surface area contributed by atoms with Gasteiger partial charge in [-0.3, -0.25) is 0 Å². The third-order valence-electron chi connectivity index (χ3n) is 4.19. The molecule has 0 fully saturated rings. The Labute approximate surface area is 168 Å². The van der Waals surface area contributed by atoms with Crippen molar-refractivity contribution in [2.45, 2.75) is 56.8 Å². The van der Waals surface area contributed by atoms with E-state index in [1.807, 2.05) is 13.8 Å². The fourth-order valence-electron chi connectivity index (χ4n) is 2.76. The van der Waals surface area contributed by atoms with E-state index in [1.54, 1.807) is 62.4 Å². The van der Waals surface area contributed by atoms with Gasteiger partial charge < -0.3 is 0 Å². The lowest BCUT2D eigenvalue weighted by Crippen LogP contribution is -2.32. The molecule has 0 saturated heterocycles. The molecule has 154 valence electrons. The molecule has 0 aliphatic carbocycles. The molecule has 0 bridgehead atoms. The second kappa shape index (κ2) is 9.17. The van der Waals surface area contributed by atoms with Gasteiger partial charge in [0.1, 0.15) is 0 Å². The molecule has 0 radical (unpaired) electrons. The maximum Gasteiger partial charge on any atom is 0.240 e. The second-order valence-corrected chi connectivity index (χ2v) is 10.9. The van der Waals surface area contributed by atoms with Crippen LogP contribution >= 0.6 is 0 Å². The van der Waals surface area contributed by atoms with Crippen molar-refractivity contribution >= 4 is 20.0 Å². The molecule has 0 aromatic heterocycles. The highest BCUT2D eigenvalue weighted by Gasteiger charge is 2.18. The third kappa shape index (κ3) is 6.41. The summed E-state index contributed by atoms with van der Waals surface area (Å²) in [4.78, 5) is 0.184. The summed E-state index contributed by atoms with van der Waals surface area (Å²) in [5.74, 6) is 0.115. The van der Waals surface area contributed by atoms with E-state index in [1.165, 1.54) is 0 Å². The standard InChI is InChI=1S/C20H28N2O4S2/c1-15(2)17-9-11-20(12-10-17)28(25,26)21-13-18-7-5-6-8-19(18)14-27(23,24)22-16(3)4/h5-12,15-16,21-22H,13-14H2,1-4H3. The van der Waals surface area contributed by atoms with E-state index in [0.29, 0.717) is 17.0 Å². The number of nitrogens with one attached hydrogen (secondary N) is 2. The Hall–Kier alpha value is -1.74. The Morgan fingerprint density at radius 1 is 0.821 bits per heavy atom. The van der Waals surface area contributed by atoms with Gasteiger partial charge in [0, 0.05) is 12.6 Å². The van der Waals surface area contributed by atoms with Crippen molar-refractivity contribution in [1.29, 1.82) is 0 Å². The van der Waals surface area contributed by atoms with Gasteiger partial charge in [-0.1, -0.05) is 50.2 Å². The zero-order valence-corrected chi connectivity index (χ0v) is 18.3. The normalized spacial score (nSPS) is 12.6. The minimum Gasteiger partial charge on any atom is -0.212 e. The lowest BCUT2D eigenvalue weighted by atomic mass is 10.0. The van der Waals surface area contributed by atoms with Crippen LogP contribution in [0, 0.1) is 0 Å². The van der Waals surface area contributed by atoms with Gasteiger partial charge in [-0.05, 0) is 48.6 Å². The maximum atomic E-state index is 12.6. The maximum absolute atomic E-state index is 12.6. The molecule has 0 atom stereocenters. The molecule has 0 unspecified atom stereocenters. The summed E-state index contributed by atoms with van der Waals surface area (Å²) in [6.07, 6.45) is 0. The van der Waals surface area contributed by atoms with Crippen LogP contribution in [0.25, 0.3) is 0 Å². The van der Waals surface area contributed by atoms with Crippen LogP contribution in [0.15, 0.2) is 53.4 Å². The SMILES string of the molecule is CC(C)NS(=O)(=O)Cc1ccccc1CNS(=O)(=O)c1ccc(C(C)C)cc1. The first-order chi connectivity index (χ1) is 13.0. The van der Waals surface area contributed by atoms with Gasteiger partial charge in [-0.15, -0.1) is 0 Å². The van der Waals surface area contributed by atoms with E-state index in [2.05, 4.69) is 9.44 Å². The second-order valence-electron chi connectivity index (χ2n) is 7.35. The summed E-state index contributed by atoms with van der Waals surface area (Å²) in [7, 11) is -7.20. The first-order valence-electron chi connectivity index (χ1n) is 9.16. The summed E-state index contributed by atoms with van der Waals surface area (Å²) >= 11 is 0. The molecule has 0 saturated carbocycles. The Balaban J connectivity index is 2.16. The van der Waals surface area contributed by atoms with Crippen LogP contribution < -0.4 is 9.44 Å². The van der Waals surface area contributed by atoms with Crippen molar-refractivity contribution in [2.24, 2.45) is 0 Å². The van der Waals surface area contributed by atoms with E-state index >= 15 is 0 Å². The number of benzene rings is 2. The monoisotopic (exact) mass is 424 g/mol. The lowest BCUT2D eigenvalue weighted by molar-refractivity contribution is 0.568. The average molecular weight is 425 g/mol. The third-order valence-corrected chi connectivity index (χ3v) is 7.13. The van der Waals surface area contributed by atoms with Crippen molar-refractivity contribution in [1.82, 2.24) is 9.44 Å². The fraction of sp³-hybridized carbons (Fsp3) is 0.400. The molecule has 0 spiro atoms. The van der Waals surface area contributed by atoms with E-state index in [-0.39, 0.29) is 23.2 Å². The summed E-state index contributed by atoms with van der Waals surface area (Å²) < 4.78 is 54.7. The van der Waals surface area contributed by atoms with Crippen LogP contribution in [0.2, 0.25) is 0 Å². The number of rotatable bonds is 9. The quantitative estimate of drug-likeness (QED) is 0.647. The molecule has 2 N–H and O–H groups in total. The Morgan fingerprint density at radius 2 is 1.39 bits per heavy atom. The molecule has 28 heavy (non-hydrogen) atoms. The van der Waals surface area contributed by atoms with Crippen LogP contribution in [0.5, 0.6) is 0 Å². The van der Waals surface area contributed by atoms with Crippen LogP contribution in [-0.2, 0) is 32.3 Å². The highest BCUT2D eigenvalue weighted by Crippen LogP contribution is 2.18. The largest absolute Gasteiger partial charge is 0.240 e. The van der Waals surface area contributed by atoms with Gasteiger partial charge in [-0.25, -0.2) is 26.3 Å². The van der Waals surface area contributed by atoms with Crippen LogP contribution in [-0.4, -0.2) is 22.9 Å². The van der Waals surface area contributed by atoms with E-state index in [4.69, 9.17) is 0 Å². The molecule has 0 heterocycles.